The van der Waals surface area contributed by atoms with Crippen LogP contribution in [-0.2, 0) is 15.2 Å². The van der Waals surface area contributed by atoms with Crippen LogP contribution in [0.1, 0.15) is 30.9 Å². The van der Waals surface area contributed by atoms with Gasteiger partial charge in [0.15, 0.2) is 5.60 Å². The molecule has 28 heavy (non-hydrogen) atoms. The molecule has 1 N–H and O–H groups in total. The molecule has 2 aromatic rings. The van der Waals surface area contributed by atoms with Crippen molar-refractivity contribution >= 4 is 40.6 Å². The van der Waals surface area contributed by atoms with Crippen molar-refractivity contribution in [3.05, 3.63) is 57.6 Å². The smallest absolute Gasteiger partial charge is 0.264 e. The number of hydrogen-bond donors (Lipinski definition) is 1. The number of anilines is 1. The summed E-state index contributed by atoms with van der Waals surface area (Å²) in [4.78, 5) is 26.1. The van der Waals surface area contributed by atoms with E-state index in [2.05, 4.69) is 0 Å². The number of hydrogen-bond acceptors (Lipinski definition) is 4. The Morgan fingerprint density at radius 3 is 2.64 bits per heavy atom. The zero-order valence-corrected chi connectivity index (χ0v) is 17.2. The standard InChI is InChI=1S/C21H21Cl2NO4/c1-13-4-6-18-16(10-13)21(27,12-14(2)25)20(26)24(18)8-3-9-28-19-7-5-15(22)11-17(19)23/h4-7,10-11,27H,3,8-9,12H2,1-2H3/t21-/m0/s1. The first kappa shape index (κ1) is 20.6. The topological polar surface area (TPSA) is 66.8 Å². The monoisotopic (exact) mass is 421 g/mol. The van der Waals surface area contributed by atoms with E-state index in [9.17, 15) is 14.7 Å². The second-order valence-corrected chi connectivity index (χ2v) is 7.84. The van der Waals surface area contributed by atoms with Gasteiger partial charge in [0.05, 0.1) is 17.3 Å². The number of aryl methyl sites for hydroxylation is 1. The summed E-state index contributed by atoms with van der Waals surface area (Å²) >= 11 is 12.0. The fourth-order valence-corrected chi connectivity index (χ4v) is 3.88. The number of carbonyl (C=O) groups is 2. The Hall–Kier alpha value is -2.08. The number of ether oxygens (including phenoxy) is 1. The summed E-state index contributed by atoms with van der Waals surface area (Å²) in [5.41, 5.74) is 0.211. The van der Waals surface area contributed by atoms with Crippen LogP contribution in [-0.4, -0.2) is 29.9 Å². The molecular formula is C21H21Cl2NO4. The van der Waals surface area contributed by atoms with E-state index < -0.39 is 11.5 Å². The lowest BCUT2D eigenvalue weighted by atomic mass is 9.89. The molecule has 1 heterocycles. The van der Waals surface area contributed by atoms with E-state index in [1.807, 2.05) is 13.0 Å². The van der Waals surface area contributed by atoms with Crippen LogP contribution in [0.2, 0.25) is 10.0 Å². The summed E-state index contributed by atoms with van der Waals surface area (Å²) in [6, 6.07) is 10.4. The SMILES string of the molecule is CC(=O)C[C@@]1(O)C(=O)N(CCCOc2ccc(Cl)cc2Cl)c2ccc(C)cc21. The van der Waals surface area contributed by atoms with E-state index in [1.54, 1.807) is 30.3 Å². The summed E-state index contributed by atoms with van der Waals surface area (Å²) < 4.78 is 5.67. The molecule has 5 nitrogen and oxygen atoms in total. The number of fused-ring (bicyclic) bond motifs is 1. The van der Waals surface area contributed by atoms with Gasteiger partial charge in [0.1, 0.15) is 11.5 Å². The minimum Gasteiger partial charge on any atom is -0.492 e. The van der Waals surface area contributed by atoms with E-state index in [-0.39, 0.29) is 12.2 Å². The van der Waals surface area contributed by atoms with Gasteiger partial charge >= 0.3 is 0 Å². The Balaban J connectivity index is 1.72. The Morgan fingerprint density at radius 2 is 1.96 bits per heavy atom. The van der Waals surface area contributed by atoms with Crippen molar-refractivity contribution in [3.8, 4) is 5.75 Å². The van der Waals surface area contributed by atoms with Crippen molar-refractivity contribution in [3.63, 3.8) is 0 Å². The molecule has 7 heteroatoms. The number of carbonyl (C=O) groups excluding carboxylic acids is 2. The second kappa shape index (κ2) is 8.11. The van der Waals surface area contributed by atoms with Gasteiger partial charge in [0, 0.05) is 23.6 Å². The van der Waals surface area contributed by atoms with Gasteiger partial charge in [-0.15, -0.1) is 0 Å². The molecule has 148 valence electrons. The number of halogens is 2. The lowest BCUT2D eigenvalue weighted by Gasteiger charge is -2.22. The van der Waals surface area contributed by atoms with Crippen LogP contribution < -0.4 is 9.64 Å². The molecule has 0 unspecified atom stereocenters. The average Bonchev–Trinajstić information content (AvgIpc) is 2.81. The van der Waals surface area contributed by atoms with Crippen molar-refractivity contribution in [2.24, 2.45) is 0 Å². The van der Waals surface area contributed by atoms with E-state index in [0.29, 0.717) is 46.6 Å². The zero-order valence-electron chi connectivity index (χ0n) is 15.7. The largest absolute Gasteiger partial charge is 0.492 e. The first-order valence-corrected chi connectivity index (χ1v) is 9.71. The highest BCUT2D eigenvalue weighted by molar-refractivity contribution is 6.35. The first-order chi connectivity index (χ1) is 13.2. The van der Waals surface area contributed by atoms with Gasteiger partial charge in [-0.2, -0.15) is 0 Å². The lowest BCUT2D eigenvalue weighted by molar-refractivity contribution is -0.141. The van der Waals surface area contributed by atoms with Gasteiger partial charge in [-0.05, 0) is 44.5 Å². The maximum absolute atomic E-state index is 12.9. The van der Waals surface area contributed by atoms with Crippen LogP contribution in [0, 0.1) is 6.92 Å². The maximum Gasteiger partial charge on any atom is 0.264 e. The molecule has 0 spiro atoms. The molecule has 0 bridgehead atoms. The molecule has 2 aromatic carbocycles. The van der Waals surface area contributed by atoms with Crippen LogP contribution in [0.4, 0.5) is 5.69 Å². The number of benzene rings is 2. The highest BCUT2D eigenvalue weighted by Crippen LogP contribution is 2.43. The van der Waals surface area contributed by atoms with E-state index in [1.165, 1.54) is 11.8 Å². The average molecular weight is 422 g/mol. The van der Waals surface area contributed by atoms with Crippen molar-refractivity contribution in [2.75, 3.05) is 18.1 Å². The normalized spacial score (nSPS) is 18.3. The lowest BCUT2D eigenvalue weighted by Crippen LogP contribution is -2.42. The Bertz CT molecular complexity index is 931. The molecule has 1 aliphatic rings. The van der Waals surface area contributed by atoms with Crippen molar-refractivity contribution in [2.45, 2.75) is 32.3 Å². The molecule has 0 fully saturated rings. The van der Waals surface area contributed by atoms with Crippen molar-refractivity contribution in [1.82, 2.24) is 0 Å². The molecule has 0 aliphatic carbocycles. The minimum absolute atomic E-state index is 0.240. The first-order valence-electron chi connectivity index (χ1n) is 8.95. The fraction of sp³-hybridized carbons (Fsp3) is 0.333. The third-order valence-corrected chi connectivity index (χ3v) is 5.20. The van der Waals surface area contributed by atoms with Gasteiger partial charge in [-0.3, -0.25) is 9.59 Å². The molecule has 0 saturated carbocycles. The fourth-order valence-electron chi connectivity index (χ4n) is 3.41. The number of rotatable bonds is 7. The minimum atomic E-state index is -1.81. The molecule has 1 amide bonds. The highest BCUT2D eigenvalue weighted by atomic mass is 35.5. The van der Waals surface area contributed by atoms with Crippen molar-refractivity contribution in [1.29, 1.82) is 0 Å². The number of ketones is 1. The van der Waals surface area contributed by atoms with Gasteiger partial charge < -0.3 is 14.7 Å². The highest BCUT2D eigenvalue weighted by Gasteiger charge is 2.50. The number of Topliss-reactive ketones (excluding diaryl/α,β-unsaturated/α-hetero) is 1. The van der Waals surface area contributed by atoms with Crippen LogP contribution in [0.15, 0.2) is 36.4 Å². The summed E-state index contributed by atoms with van der Waals surface area (Å²) in [6.07, 6.45) is 0.282. The third kappa shape index (κ3) is 4.02. The summed E-state index contributed by atoms with van der Waals surface area (Å²) in [5, 5.41) is 11.9. The molecule has 0 saturated heterocycles. The molecule has 0 radical (unpaired) electrons. The predicted molar refractivity (Wildman–Crippen MR) is 109 cm³/mol. The molecule has 1 aliphatic heterocycles. The third-order valence-electron chi connectivity index (χ3n) is 4.67. The Morgan fingerprint density at radius 1 is 1.21 bits per heavy atom. The predicted octanol–water partition coefficient (Wildman–Crippen LogP) is 4.28. The van der Waals surface area contributed by atoms with Crippen LogP contribution in [0.25, 0.3) is 0 Å². The quantitative estimate of drug-likeness (QED) is 0.677. The van der Waals surface area contributed by atoms with E-state index >= 15 is 0 Å². The van der Waals surface area contributed by atoms with Crippen LogP contribution >= 0.6 is 23.2 Å². The van der Waals surface area contributed by atoms with Crippen LogP contribution in [0.3, 0.4) is 0 Å². The summed E-state index contributed by atoms with van der Waals surface area (Å²) in [7, 11) is 0. The van der Waals surface area contributed by atoms with Crippen molar-refractivity contribution < 1.29 is 19.4 Å². The molecule has 1 atom stereocenters. The Labute approximate surface area is 173 Å². The number of aliphatic hydroxyl groups is 1. The van der Waals surface area contributed by atoms with E-state index in [4.69, 9.17) is 27.9 Å². The van der Waals surface area contributed by atoms with Crippen LogP contribution in [0.5, 0.6) is 5.75 Å². The van der Waals surface area contributed by atoms with E-state index in [0.717, 1.165) is 5.56 Å². The summed E-state index contributed by atoms with van der Waals surface area (Å²) in [5.74, 6) is -0.207. The number of amides is 1. The van der Waals surface area contributed by atoms with Gasteiger partial charge in [-0.1, -0.05) is 40.9 Å². The van der Waals surface area contributed by atoms with Gasteiger partial charge in [0.25, 0.3) is 5.91 Å². The maximum atomic E-state index is 12.9. The molecule has 3 rings (SSSR count). The number of nitrogens with zero attached hydrogens (tertiary/aromatic N) is 1. The molecular weight excluding hydrogens is 401 g/mol. The summed E-state index contributed by atoms with van der Waals surface area (Å²) in [6.45, 7) is 3.93. The molecule has 0 aromatic heterocycles. The zero-order chi connectivity index (χ0) is 20.5. The van der Waals surface area contributed by atoms with Gasteiger partial charge in [-0.25, -0.2) is 0 Å². The second-order valence-electron chi connectivity index (χ2n) is 6.99. The Kier molecular flexibility index (Phi) is 5.98. The van der Waals surface area contributed by atoms with Gasteiger partial charge in [0.2, 0.25) is 0 Å².